The lowest BCUT2D eigenvalue weighted by Crippen LogP contribution is -2.37. The van der Waals surface area contributed by atoms with Gasteiger partial charge in [-0.15, -0.1) is 11.8 Å². The third kappa shape index (κ3) is 4.66. The third-order valence-corrected chi connectivity index (χ3v) is 7.15. The monoisotopic (exact) mass is 458 g/mol. The Balaban J connectivity index is 1.76. The van der Waals surface area contributed by atoms with Crippen LogP contribution in [0.3, 0.4) is 0 Å². The van der Waals surface area contributed by atoms with Gasteiger partial charge in [-0.05, 0) is 48.9 Å². The Morgan fingerprint density at radius 1 is 1.26 bits per heavy atom. The van der Waals surface area contributed by atoms with Gasteiger partial charge in [0.25, 0.3) is 5.91 Å². The number of carbonyl (C=O) groups is 1. The molecular formula is C23H26N2O4S2. The van der Waals surface area contributed by atoms with Crippen LogP contribution in [0, 0.1) is 0 Å². The molecule has 2 aromatic carbocycles. The molecule has 0 bridgehead atoms. The molecule has 1 unspecified atom stereocenters. The fourth-order valence-corrected chi connectivity index (χ4v) is 5.47. The number of amides is 1. The van der Waals surface area contributed by atoms with E-state index >= 15 is 0 Å². The van der Waals surface area contributed by atoms with Crippen molar-refractivity contribution < 1.29 is 19.0 Å². The maximum atomic E-state index is 13.6. The second kappa shape index (κ2) is 9.89. The molecule has 164 valence electrons. The summed E-state index contributed by atoms with van der Waals surface area (Å²) in [4.78, 5) is 21.3. The highest BCUT2D eigenvalue weighted by Crippen LogP contribution is 2.40. The first-order valence-corrected chi connectivity index (χ1v) is 12.1. The molecular weight excluding hydrogens is 432 g/mol. The normalized spacial score (nSPS) is 15.9. The first kappa shape index (κ1) is 21.9. The number of hydrogen-bond donors (Lipinski definition) is 0. The van der Waals surface area contributed by atoms with E-state index in [9.17, 15) is 4.79 Å². The molecule has 0 aliphatic carbocycles. The van der Waals surface area contributed by atoms with Crippen LogP contribution in [0.4, 0.5) is 5.13 Å². The zero-order valence-electron chi connectivity index (χ0n) is 17.9. The van der Waals surface area contributed by atoms with Crippen molar-refractivity contribution in [2.75, 3.05) is 38.0 Å². The quantitative estimate of drug-likeness (QED) is 0.430. The Morgan fingerprint density at radius 2 is 2.06 bits per heavy atom. The zero-order valence-corrected chi connectivity index (χ0v) is 19.6. The van der Waals surface area contributed by atoms with Gasteiger partial charge in [0.2, 0.25) is 0 Å². The molecule has 1 atom stereocenters. The number of fused-ring (bicyclic) bond motifs is 1. The zero-order chi connectivity index (χ0) is 21.8. The number of hydrogen-bond acceptors (Lipinski definition) is 7. The number of nitrogens with zero attached hydrogens (tertiary/aromatic N) is 2. The molecule has 1 fully saturated rings. The van der Waals surface area contributed by atoms with E-state index in [1.807, 2.05) is 36.4 Å². The molecule has 8 heteroatoms. The van der Waals surface area contributed by atoms with Gasteiger partial charge in [-0.25, -0.2) is 4.98 Å². The van der Waals surface area contributed by atoms with Crippen molar-refractivity contribution in [2.45, 2.75) is 30.8 Å². The molecule has 0 saturated carbocycles. The van der Waals surface area contributed by atoms with Crippen LogP contribution < -0.4 is 14.4 Å². The molecule has 0 spiro atoms. The van der Waals surface area contributed by atoms with Crippen molar-refractivity contribution in [1.82, 2.24) is 4.98 Å². The number of thiazole rings is 1. The maximum Gasteiger partial charge on any atom is 0.260 e. The first-order chi connectivity index (χ1) is 15.1. The van der Waals surface area contributed by atoms with Gasteiger partial charge in [0.15, 0.2) is 5.13 Å². The van der Waals surface area contributed by atoms with Gasteiger partial charge < -0.3 is 14.2 Å². The van der Waals surface area contributed by atoms with Crippen molar-refractivity contribution in [3.05, 3.63) is 42.0 Å². The smallest absolute Gasteiger partial charge is 0.260 e. The number of carbonyl (C=O) groups excluding carboxylic acids is 1. The van der Waals surface area contributed by atoms with Gasteiger partial charge in [-0.1, -0.05) is 24.3 Å². The van der Waals surface area contributed by atoms with Crippen molar-refractivity contribution >= 4 is 44.4 Å². The summed E-state index contributed by atoms with van der Waals surface area (Å²) >= 11 is 3.15. The number of thioether (sulfide) groups is 1. The second-order valence-corrected chi connectivity index (χ2v) is 9.47. The summed E-state index contributed by atoms with van der Waals surface area (Å²) in [6, 6.07) is 11.5. The fraction of sp³-hybridized carbons (Fsp3) is 0.391. The van der Waals surface area contributed by atoms with Gasteiger partial charge in [0.1, 0.15) is 21.7 Å². The number of anilines is 1. The molecule has 1 aromatic heterocycles. The first-order valence-electron chi connectivity index (χ1n) is 10.3. The Kier molecular flexibility index (Phi) is 6.99. The minimum atomic E-state index is -0.0777. The number of methoxy groups -OCH3 is 2. The van der Waals surface area contributed by atoms with E-state index in [1.165, 1.54) is 11.3 Å². The largest absolute Gasteiger partial charge is 0.495 e. The van der Waals surface area contributed by atoms with Gasteiger partial charge in [-0.3, -0.25) is 9.69 Å². The number of rotatable bonds is 8. The van der Waals surface area contributed by atoms with Crippen LogP contribution in [0.2, 0.25) is 0 Å². The average molecular weight is 459 g/mol. The van der Waals surface area contributed by atoms with Gasteiger partial charge in [0.05, 0.1) is 26.9 Å². The molecule has 6 nitrogen and oxygen atoms in total. The third-order valence-electron chi connectivity index (χ3n) is 5.18. The van der Waals surface area contributed by atoms with E-state index in [4.69, 9.17) is 19.2 Å². The SMILES string of the molecule is CCSc1cccc(C(=O)N(CC2CCCO2)c2nc3c(OC)ccc(OC)c3s2)c1. The summed E-state index contributed by atoms with van der Waals surface area (Å²) in [7, 11) is 3.25. The topological polar surface area (TPSA) is 60.9 Å². The van der Waals surface area contributed by atoms with Crippen molar-refractivity contribution in [1.29, 1.82) is 0 Å². The summed E-state index contributed by atoms with van der Waals surface area (Å²) in [5, 5.41) is 0.617. The Hall–Kier alpha value is -2.29. The van der Waals surface area contributed by atoms with Crippen LogP contribution in [-0.2, 0) is 4.74 Å². The standard InChI is InChI=1S/C23H26N2O4S2/c1-4-30-17-9-5-7-15(13-17)22(26)25(14-16-8-6-12-29-16)23-24-20-18(27-2)10-11-19(28-3)21(20)31-23/h5,7,9-11,13,16H,4,6,8,12,14H2,1-3H3. The number of benzene rings is 2. The average Bonchev–Trinajstić information content (AvgIpc) is 3.46. The van der Waals surface area contributed by atoms with Gasteiger partial charge in [-0.2, -0.15) is 0 Å². The van der Waals surface area contributed by atoms with E-state index < -0.39 is 0 Å². The molecule has 1 amide bonds. The summed E-state index contributed by atoms with van der Waals surface area (Å²) in [6.45, 7) is 3.30. The Morgan fingerprint density at radius 3 is 2.77 bits per heavy atom. The van der Waals surface area contributed by atoms with E-state index in [0.717, 1.165) is 34.8 Å². The van der Waals surface area contributed by atoms with Crippen LogP contribution in [-0.4, -0.2) is 50.1 Å². The second-order valence-electron chi connectivity index (χ2n) is 7.16. The molecule has 0 radical (unpaired) electrons. The highest BCUT2D eigenvalue weighted by molar-refractivity contribution is 7.99. The summed E-state index contributed by atoms with van der Waals surface area (Å²) in [6.07, 6.45) is 1.96. The maximum absolute atomic E-state index is 13.6. The fourth-order valence-electron chi connectivity index (χ4n) is 3.67. The van der Waals surface area contributed by atoms with Crippen LogP contribution in [0.5, 0.6) is 11.5 Å². The van der Waals surface area contributed by atoms with Crippen molar-refractivity contribution in [3.8, 4) is 11.5 Å². The molecule has 3 aromatic rings. The lowest BCUT2D eigenvalue weighted by atomic mass is 10.2. The summed E-state index contributed by atoms with van der Waals surface area (Å²) in [5.41, 5.74) is 1.34. The Labute approximate surface area is 190 Å². The summed E-state index contributed by atoms with van der Waals surface area (Å²) < 4.78 is 17.7. The van der Waals surface area contributed by atoms with E-state index in [0.29, 0.717) is 34.3 Å². The van der Waals surface area contributed by atoms with Crippen LogP contribution in [0.1, 0.15) is 30.1 Å². The lowest BCUT2D eigenvalue weighted by molar-refractivity contribution is 0.0917. The number of aromatic nitrogens is 1. The molecule has 1 saturated heterocycles. The summed E-state index contributed by atoms with van der Waals surface area (Å²) in [5.74, 6) is 2.25. The highest BCUT2D eigenvalue weighted by Gasteiger charge is 2.28. The minimum Gasteiger partial charge on any atom is -0.495 e. The Bertz CT molecular complexity index is 1020. The predicted octanol–water partition coefficient (Wildman–Crippen LogP) is 5.25. The molecule has 2 heterocycles. The van der Waals surface area contributed by atoms with Crippen LogP contribution in [0.15, 0.2) is 41.3 Å². The van der Waals surface area contributed by atoms with Gasteiger partial charge >= 0.3 is 0 Å². The molecule has 4 rings (SSSR count). The van der Waals surface area contributed by atoms with Crippen LogP contribution >= 0.6 is 23.1 Å². The van der Waals surface area contributed by atoms with Crippen LogP contribution in [0.25, 0.3) is 10.2 Å². The minimum absolute atomic E-state index is 0.00736. The number of ether oxygens (including phenoxy) is 3. The molecule has 1 aliphatic heterocycles. The van der Waals surface area contributed by atoms with E-state index in [1.54, 1.807) is 30.9 Å². The van der Waals surface area contributed by atoms with E-state index in [-0.39, 0.29) is 12.0 Å². The molecule has 31 heavy (non-hydrogen) atoms. The highest BCUT2D eigenvalue weighted by atomic mass is 32.2. The molecule has 1 aliphatic rings. The predicted molar refractivity (Wildman–Crippen MR) is 126 cm³/mol. The van der Waals surface area contributed by atoms with Crippen molar-refractivity contribution in [2.24, 2.45) is 0 Å². The molecule has 0 N–H and O–H groups in total. The van der Waals surface area contributed by atoms with Gasteiger partial charge in [0, 0.05) is 17.1 Å². The van der Waals surface area contributed by atoms with E-state index in [2.05, 4.69) is 6.92 Å². The lowest BCUT2D eigenvalue weighted by Gasteiger charge is -2.23. The van der Waals surface area contributed by atoms with Crippen molar-refractivity contribution in [3.63, 3.8) is 0 Å².